The van der Waals surface area contributed by atoms with Crippen LogP contribution in [-0.2, 0) is 9.47 Å². The Morgan fingerprint density at radius 3 is 1.53 bits per heavy atom. The van der Waals surface area contributed by atoms with Gasteiger partial charge in [-0.2, -0.15) is 0 Å². The molecule has 2 unspecified atom stereocenters. The molecule has 5 heteroatoms. The molecule has 0 saturated carbocycles. The van der Waals surface area contributed by atoms with Gasteiger partial charge in [-0.1, -0.05) is 92.7 Å². The van der Waals surface area contributed by atoms with E-state index in [0.29, 0.717) is 5.02 Å². The number of esters is 2. The molecule has 1 aromatic carbocycles. The Kier molecular flexibility index (Phi) is 10.7. The molecule has 0 N–H and O–H groups in total. The van der Waals surface area contributed by atoms with Crippen LogP contribution in [0, 0.1) is 17.8 Å². The van der Waals surface area contributed by atoms with Crippen LogP contribution in [0.5, 0.6) is 0 Å². The molecule has 1 rings (SSSR count). The lowest BCUT2D eigenvalue weighted by atomic mass is 9.85. The topological polar surface area (TPSA) is 52.6 Å². The summed E-state index contributed by atoms with van der Waals surface area (Å²) in [7, 11) is 0. The van der Waals surface area contributed by atoms with Crippen molar-refractivity contribution in [1.82, 2.24) is 0 Å². The number of carbonyl (C=O) groups excluding carboxylic acids is 2. The number of hydrogen-bond acceptors (Lipinski definition) is 4. The van der Waals surface area contributed by atoms with Crippen LogP contribution in [0.4, 0.5) is 0 Å². The zero-order chi connectivity index (χ0) is 24.7. The van der Waals surface area contributed by atoms with Gasteiger partial charge in [0, 0.05) is 5.02 Å². The number of halogens is 1. The van der Waals surface area contributed by atoms with E-state index in [0.717, 1.165) is 44.1 Å². The predicted molar refractivity (Wildman–Crippen MR) is 133 cm³/mol. The van der Waals surface area contributed by atoms with E-state index in [2.05, 4.69) is 55.4 Å². The highest BCUT2D eigenvalue weighted by atomic mass is 35.5. The maximum absolute atomic E-state index is 13.2. The molecule has 0 radical (unpaired) electrons. The fourth-order valence-corrected chi connectivity index (χ4v) is 3.68. The van der Waals surface area contributed by atoms with Gasteiger partial charge in [0.15, 0.2) is 0 Å². The summed E-state index contributed by atoms with van der Waals surface area (Å²) in [5, 5.41) is 0.424. The molecule has 182 valence electrons. The number of hydrogen-bond donors (Lipinski definition) is 0. The van der Waals surface area contributed by atoms with E-state index >= 15 is 0 Å². The van der Waals surface area contributed by atoms with Crippen molar-refractivity contribution >= 4 is 23.5 Å². The van der Waals surface area contributed by atoms with Crippen molar-refractivity contribution in [2.24, 2.45) is 10.8 Å². The highest BCUT2D eigenvalue weighted by Gasteiger charge is 2.32. The molecule has 0 spiro atoms. The minimum Gasteiger partial charge on any atom is -0.458 e. The van der Waals surface area contributed by atoms with Gasteiger partial charge in [0.25, 0.3) is 0 Å². The van der Waals surface area contributed by atoms with E-state index in [4.69, 9.17) is 21.1 Å². The Morgan fingerprint density at radius 2 is 1.19 bits per heavy atom. The maximum atomic E-state index is 13.2. The molecule has 0 fully saturated rings. The van der Waals surface area contributed by atoms with Gasteiger partial charge in [-0.3, -0.25) is 0 Å². The fraction of sp³-hybridized carbons (Fsp3) is 0.704. The van der Waals surface area contributed by atoms with E-state index in [1.165, 1.54) is 6.07 Å². The van der Waals surface area contributed by atoms with Gasteiger partial charge in [0.1, 0.15) is 12.2 Å². The van der Waals surface area contributed by atoms with Crippen molar-refractivity contribution in [3.63, 3.8) is 0 Å². The second kappa shape index (κ2) is 12.1. The van der Waals surface area contributed by atoms with E-state index in [-0.39, 0.29) is 34.2 Å². The first-order valence-corrected chi connectivity index (χ1v) is 12.3. The molecule has 0 saturated heterocycles. The van der Waals surface area contributed by atoms with Crippen molar-refractivity contribution in [3.8, 4) is 0 Å². The van der Waals surface area contributed by atoms with Crippen LogP contribution >= 0.6 is 11.6 Å². The fourth-order valence-electron chi connectivity index (χ4n) is 3.52. The normalized spacial score (nSPS) is 14.1. The Hall–Kier alpha value is -1.55. The number of carbonyl (C=O) groups is 2. The summed E-state index contributed by atoms with van der Waals surface area (Å²) in [6, 6.07) is 3.17. The van der Waals surface area contributed by atoms with Crippen LogP contribution in [0.15, 0.2) is 12.1 Å². The van der Waals surface area contributed by atoms with E-state index in [1.807, 2.05) is 6.92 Å². The maximum Gasteiger partial charge on any atom is 0.339 e. The number of ether oxygens (including phenoxy) is 2. The second-order valence-electron chi connectivity index (χ2n) is 11.0. The standard InChI is InChI=1S/C27H43ClO4/c1-10-12-14-22(26(4,5)6)31-24(29)19-16-18(3)21(28)17-20(19)25(30)32-23(15-13-11-2)27(7,8)9/h16-17,22-23H,10-15H2,1-9H3. The first-order valence-electron chi connectivity index (χ1n) is 11.9. The largest absolute Gasteiger partial charge is 0.458 e. The minimum atomic E-state index is -0.532. The average Bonchev–Trinajstić information content (AvgIpc) is 2.67. The highest BCUT2D eigenvalue weighted by molar-refractivity contribution is 6.32. The Balaban J connectivity index is 3.27. The van der Waals surface area contributed by atoms with Crippen LogP contribution in [0.3, 0.4) is 0 Å². The Morgan fingerprint density at radius 1 is 0.812 bits per heavy atom. The van der Waals surface area contributed by atoms with Gasteiger partial charge in [-0.15, -0.1) is 0 Å². The third-order valence-corrected chi connectivity index (χ3v) is 6.22. The number of benzene rings is 1. The quantitative estimate of drug-likeness (QED) is 0.326. The second-order valence-corrected chi connectivity index (χ2v) is 11.4. The lowest BCUT2D eigenvalue weighted by molar-refractivity contribution is -0.0106. The van der Waals surface area contributed by atoms with Crippen molar-refractivity contribution in [2.45, 2.75) is 113 Å². The molecule has 0 aliphatic carbocycles. The number of unbranched alkanes of at least 4 members (excludes halogenated alkanes) is 2. The third-order valence-electron chi connectivity index (χ3n) is 5.81. The first-order chi connectivity index (χ1) is 14.7. The highest BCUT2D eigenvalue weighted by Crippen LogP contribution is 2.31. The lowest BCUT2D eigenvalue weighted by Crippen LogP contribution is -2.33. The molecular formula is C27H43ClO4. The summed E-state index contributed by atoms with van der Waals surface area (Å²) in [6.45, 7) is 18.4. The molecule has 0 amide bonds. The summed E-state index contributed by atoms with van der Waals surface area (Å²) < 4.78 is 11.9. The van der Waals surface area contributed by atoms with Crippen molar-refractivity contribution in [1.29, 1.82) is 0 Å². The molecule has 32 heavy (non-hydrogen) atoms. The van der Waals surface area contributed by atoms with Gasteiger partial charge in [-0.25, -0.2) is 9.59 Å². The van der Waals surface area contributed by atoms with Crippen LogP contribution in [0.2, 0.25) is 5.02 Å². The SMILES string of the molecule is CCCCC(OC(=O)c1cc(C)c(Cl)cc1C(=O)OC(CCCC)C(C)(C)C)C(C)(C)C. The zero-order valence-electron chi connectivity index (χ0n) is 21.6. The van der Waals surface area contributed by atoms with Crippen molar-refractivity contribution < 1.29 is 19.1 Å². The molecule has 0 aromatic heterocycles. The molecule has 0 heterocycles. The monoisotopic (exact) mass is 466 g/mol. The van der Waals surface area contributed by atoms with E-state index in [1.54, 1.807) is 6.07 Å². The average molecular weight is 467 g/mol. The van der Waals surface area contributed by atoms with E-state index in [9.17, 15) is 9.59 Å². The summed E-state index contributed by atoms with van der Waals surface area (Å²) in [4.78, 5) is 26.5. The summed E-state index contributed by atoms with van der Waals surface area (Å²) in [6.07, 6.45) is 5.01. The zero-order valence-corrected chi connectivity index (χ0v) is 22.3. The molecule has 0 aliphatic heterocycles. The number of rotatable bonds is 10. The molecule has 0 bridgehead atoms. The molecule has 1 aromatic rings. The van der Waals surface area contributed by atoms with Crippen LogP contribution in [0.25, 0.3) is 0 Å². The van der Waals surface area contributed by atoms with Gasteiger partial charge in [0.05, 0.1) is 11.1 Å². The summed E-state index contributed by atoms with van der Waals surface area (Å²) >= 11 is 6.33. The van der Waals surface area contributed by atoms with Crippen LogP contribution in [0.1, 0.15) is 120 Å². The van der Waals surface area contributed by atoms with E-state index < -0.39 is 11.9 Å². The van der Waals surface area contributed by atoms with Crippen LogP contribution in [-0.4, -0.2) is 24.1 Å². The molecule has 4 nitrogen and oxygen atoms in total. The Labute approximate surface area is 200 Å². The van der Waals surface area contributed by atoms with Crippen molar-refractivity contribution in [2.75, 3.05) is 0 Å². The molecule has 2 atom stereocenters. The van der Waals surface area contributed by atoms with Gasteiger partial charge < -0.3 is 9.47 Å². The van der Waals surface area contributed by atoms with Gasteiger partial charge >= 0.3 is 11.9 Å². The minimum absolute atomic E-state index is 0.166. The number of aryl methyl sites for hydroxylation is 1. The third kappa shape index (κ3) is 8.42. The molecule has 0 aliphatic rings. The van der Waals surface area contributed by atoms with Gasteiger partial charge in [0.2, 0.25) is 0 Å². The lowest BCUT2D eigenvalue weighted by Gasteiger charge is -2.31. The smallest absolute Gasteiger partial charge is 0.339 e. The van der Waals surface area contributed by atoms with Crippen LogP contribution < -0.4 is 0 Å². The van der Waals surface area contributed by atoms with Gasteiger partial charge in [-0.05, 0) is 48.3 Å². The predicted octanol–water partition coefficient (Wildman–Crippen LogP) is 8.17. The molecular weight excluding hydrogens is 424 g/mol. The first kappa shape index (κ1) is 28.5. The summed E-state index contributed by atoms with van der Waals surface area (Å²) in [5.74, 6) is -1.04. The Bertz CT molecular complexity index is 706. The summed E-state index contributed by atoms with van der Waals surface area (Å²) in [5.41, 5.74) is 0.682. The van der Waals surface area contributed by atoms with Crippen molar-refractivity contribution in [3.05, 3.63) is 33.8 Å².